The van der Waals surface area contributed by atoms with Crippen molar-refractivity contribution in [1.82, 2.24) is 0 Å². The summed E-state index contributed by atoms with van der Waals surface area (Å²) < 4.78 is 10.8. The molecule has 0 bridgehead atoms. The van der Waals surface area contributed by atoms with Crippen LogP contribution in [0.2, 0.25) is 5.02 Å². The van der Waals surface area contributed by atoms with E-state index in [0.717, 1.165) is 5.56 Å². The molecule has 0 saturated heterocycles. The lowest BCUT2D eigenvalue weighted by molar-refractivity contribution is 0.112. The molecule has 0 atom stereocenters. The third-order valence-electron chi connectivity index (χ3n) is 2.85. The van der Waals surface area contributed by atoms with Gasteiger partial charge in [-0.15, -0.1) is 0 Å². The molecule has 0 aromatic heterocycles. The molecule has 4 nitrogen and oxygen atoms in total. The summed E-state index contributed by atoms with van der Waals surface area (Å²) in [5, 5.41) is 9.06. The number of hydrogen-bond acceptors (Lipinski definition) is 4. The second kappa shape index (κ2) is 6.78. The van der Waals surface area contributed by atoms with E-state index < -0.39 is 0 Å². The lowest BCUT2D eigenvalue weighted by Crippen LogP contribution is -1.99. The third-order valence-corrected chi connectivity index (χ3v) is 3.13. The van der Waals surface area contributed by atoms with Crippen LogP contribution in [0.4, 0.5) is 0 Å². The number of carbonyl (C=O) groups is 1. The minimum absolute atomic E-state index is 0.280. The van der Waals surface area contributed by atoms with Crippen LogP contribution in [0.15, 0.2) is 36.4 Å². The summed E-state index contributed by atoms with van der Waals surface area (Å²) in [4.78, 5) is 10.8. The summed E-state index contributed by atoms with van der Waals surface area (Å²) in [6.07, 6.45) is 0.693. The van der Waals surface area contributed by atoms with Crippen LogP contribution in [0.5, 0.6) is 11.5 Å². The van der Waals surface area contributed by atoms with Gasteiger partial charge in [-0.05, 0) is 29.8 Å². The first-order valence-corrected chi connectivity index (χ1v) is 6.50. The van der Waals surface area contributed by atoms with E-state index in [4.69, 9.17) is 26.3 Å². The van der Waals surface area contributed by atoms with Crippen molar-refractivity contribution in [1.29, 1.82) is 5.26 Å². The molecule has 0 spiro atoms. The van der Waals surface area contributed by atoms with E-state index in [0.29, 0.717) is 33.9 Å². The van der Waals surface area contributed by atoms with Gasteiger partial charge < -0.3 is 9.47 Å². The average Bonchev–Trinajstić information content (AvgIpc) is 2.53. The Labute approximate surface area is 127 Å². The van der Waals surface area contributed by atoms with Gasteiger partial charge in [0.2, 0.25) is 0 Å². The Morgan fingerprint density at radius 2 is 2.00 bits per heavy atom. The Balaban J connectivity index is 2.19. The van der Waals surface area contributed by atoms with Gasteiger partial charge in [0, 0.05) is 5.56 Å². The first-order chi connectivity index (χ1) is 10.2. The molecule has 2 aromatic carbocycles. The standard InChI is InChI=1S/C16H12ClNO3/c1-20-15-7-13(9-19)6-14(17)16(15)21-10-12-4-2-11(8-18)3-5-12/h2-7,9H,10H2,1H3. The van der Waals surface area contributed by atoms with Crippen LogP contribution in [-0.2, 0) is 6.61 Å². The third kappa shape index (κ3) is 3.53. The normalized spacial score (nSPS) is 9.76. The first kappa shape index (κ1) is 14.9. The molecule has 0 N–H and O–H groups in total. The highest BCUT2D eigenvalue weighted by molar-refractivity contribution is 6.32. The van der Waals surface area contributed by atoms with Crippen LogP contribution in [0, 0.1) is 11.3 Å². The van der Waals surface area contributed by atoms with Crippen LogP contribution in [0.1, 0.15) is 21.5 Å². The topological polar surface area (TPSA) is 59.3 Å². The molecular formula is C16H12ClNO3. The maximum atomic E-state index is 10.8. The number of hydrogen-bond donors (Lipinski definition) is 0. The zero-order chi connectivity index (χ0) is 15.2. The molecule has 0 unspecified atom stereocenters. The van der Waals surface area contributed by atoms with Gasteiger partial charge in [0.15, 0.2) is 11.5 Å². The summed E-state index contributed by atoms with van der Waals surface area (Å²) in [6, 6.07) is 12.2. The van der Waals surface area contributed by atoms with Crippen molar-refractivity contribution in [3.8, 4) is 17.6 Å². The molecule has 0 radical (unpaired) electrons. The van der Waals surface area contributed by atoms with Crippen LogP contribution in [-0.4, -0.2) is 13.4 Å². The number of carbonyl (C=O) groups excluding carboxylic acids is 1. The quantitative estimate of drug-likeness (QED) is 0.792. The lowest BCUT2D eigenvalue weighted by atomic mass is 10.1. The number of halogens is 1. The maximum Gasteiger partial charge on any atom is 0.180 e. The highest BCUT2D eigenvalue weighted by atomic mass is 35.5. The number of ether oxygens (including phenoxy) is 2. The van der Waals surface area contributed by atoms with Crippen molar-refractivity contribution in [2.75, 3.05) is 7.11 Å². The molecule has 0 heterocycles. The van der Waals surface area contributed by atoms with E-state index in [1.807, 2.05) is 0 Å². The van der Waals surface area contributed by atoms with Crippen LogP contribution < -0.4 is 9.47 Å². The fraction of sp³-hybridized carbons (Fsp3) is 0.125. The van der Waals surface area contributed by atoms with Gasteiger partial charge in [-0.1, -0.05) is 23.7 Å². The predicted octanol–water partition coefficient (Wildman–Crippen LogP) is 3.61. The number of methoxy groups -OCH3 is 1. The summed E-state index contributed by atoms with van der Waals surface area (Å²) in [7, 11) is 1.48. The summed E-state index contributed by atoms with van der Waals surface area (Å²) in [5.74, 6) is 0.785. The maximum absolute atomic E-state index is 10.8. The van der Waals surface area contributed by atoms with Crippen LogP contribution >= 0.6 is 11.6 Å². The highest BCUT2D eigenvalue weighted by Gasteiger charge is 2.12. The van der Waals surface area contributed by atoms with Crippen molar-refractivity contribution in [3.05, 3.63) is 58.1 Å². The van der Waals surface area contributed by atoms with Gasteiger partial charge in [0.1, 0.15) is 12.9 Å². The Morgan fingerprint density at radius 1 is 1.29 bits per heavy atom. The molecular weight excluding hydrogens is 290 g/mol. The molecule has 2 rings (SSSR count). The van der Waals surface area contributed by atoms with Crippen molar-refractivity contribution >= 4 is 17.9 Å². The van der Waals surface area contributed by atoms with Crippen molar-refractivity contribution in [3.63, 3.8) is 0 Å². The largest absolute Gasteiger partial charge is 0.493 e. The number of nitrogens with zero attached hydrogens (tertiary/aromatic N) is 1. The molecule has 0 fully saturated rings. The molecule has 21 heavy (non-hydrogen) atoms. The molecule has 0 amide bonds. The zero-order valence-corrected chi connectivity index (χ0v) is 12.1. The van der Waals surface area contributed by atoms with E-state index in [1.54, 1.807) is 30.3 Å². The predicted molar refractivity (Wildman–Crippen MR) is 78.9 cm³/mol. The first-order valence-electron chi connectivity index (χ1n) is 6.12. The number of rotatable bonds is 5. The molecule has 0 aliphatic heterocycles. The summed E-state index contributed by atoms with van der Waals surface area (Å²) >= 11 is 6.10. The lowest BCUT2D eigenvalue weighted by Gasteiger charge is -2.13. The minimum Gasteiger partial charge on any atom is -0.493 e. The Kier molecular flexibility index (Phi) is 4.81. The van der Waals surface area contributed by atoms with Gasteiger partial charge in [0.25, 0.3) is 0 Å². The Hall–Kier alpha value is -2.51. The van der Waals surface area contributed by atoms with E-state index in [2.05, 4.69) is 6.07 Å². The Morgan fingerprint density at radius 3 is 2.57 bits per heavy atom. The van der Waals surface area contributed by atoms with Gasteiger partial charge in [-0.25, -0.2) is 0 Å². The zero-order valence-electron chi connectivity index (χ0n) is 11.3. The van der Waals surface area contributed by atoms with E-state index in [9.17, 15) is 4.79 Å². The van der Waals surface area contributed by atoms with E-state index >= 15 is 0 Å². The highest BCUT2D eigenvalue weighted by Crippen LogP contribution is 2.36. The molecule has 0 aliphatic carbocycles. The summed E-state index contributed by atoms with van der Waals surface area (Å²) in [6.45, 7) is 0.280. The van der Waals surface area contributed by atoms with Gasteiger partial charge >= 0.3 is 0 Å². The van der Waals surface area contributed by atoms with Gasteiger partial charge in [-0.2, -0.15) is 5.26 Å². The second-order valence-corrected chi connectivity index (χ2v) is 4.66. The van der Waals surface area contributed by atoms with Crippen molar-refractivity contribution in [2.45, 2.75) is 6.61 Å². The van der Waals surface area contributed by atoms with Crippen molar-refractivity contribution in [2.24, 2.45) is 0 Å². The molecule has 5 heteroatoms. The molecule has 0 saturated carbocycles. The Bertz CT molecular complexity index is 690. The van der Waals surface area contributed by atoms with Crippen LogP contribution in [0.3, 0.4) is 0 Å². The SMILES string of the molecule is COc1cc(C=O)cc(Cl)c1OCc1ccc(C#N)cc1. The second-order valence-electron chi connectivity index (χ2n) is 4.25. The van der Waals surface area contributed by atoms with Crippen molar-refractivity contribution < 1.29 is 14.3 Å². The van der Waals surface area contributed by atoms with E-state index in [1.165, 1.54) is 13.2 Å². The monoisotopic (exact) mass is 301 g/mol. The number of aldehydes is 1. The van der Waals surface area contributed by atoms with E-state index in [-0.39, 0.29) is 6.61 Å². The number of benzene rings is 2. The molecule has 106 valence electrons. The van der Waals surface area contributed by atoms with Crippen LogP contribution in [0.25, 0.3) is 0 Å². The van der Waals surface area contributed by atoms with Gasteiger partial charge in [0.05, 0.1) is 23.8 Å². The number of nitriles is 1. The fourth-order valence-corrected chi connectivity index (χ4v) is 2.05. The smallest absolute Gasteiger partial charge is 0.180 e. The fourth-order valence-electron chi connectivity index (χ4n) is 1.78. The average molecular weight is 302 g/mol. The summed E-state index contributed by atoms with van der Waals surface area (Å²) in [5.41, 5.74) is 1.90. The van der Waals surface area contributed by atoms with Gasteiger partial charge in [-0.3, -0.25) is 4.79 Å². The molecule has 0 aliphatic rings. The minimum atomic E-state index is 0.280. The molecule has 2 aromatic rings.